The van der Waals surface area contributed by atoms with Gasteiger partial charge in [-0.3, -0.25) is 0 Å². The fourth-order valence-electron chi connectivity index (χ4n) is 5.29. The quantitative estimate of drug-likeness (QED) is 0.0802. The molecule has 4 aromatic rings. The summed E-state index contributed by atoms with van der Waals surface area (Å²) in [5.41, 5.74) is 3.15. The van der Waals surface area contributed by atoms with E-state index in [4.69, 9.17) is 33.2 Å². The number of esters is 1. The number of aryl methyl sites for hydroxylation is 2. The molecule has 1 aromatic heterocycles. The van der Waals surface area contributed by atoms with Gasteiger partial charge in [-0.2, -0.15) is 0 Å². The van der Waals surface area contributed by atoms with E-state index < -0.39 is 5.97 Å². The van der Waals surface area contributed by atoms with Gasteiger partial charge in [0.1, 0.15) is 11.4 Å². The molecule has 0 N–H and O–H groups in total. The Hall–Kier alpha value is -4.79. The van der Waals surface area contributed by atoms with Crippen LogP contribution in [0.1, 0.15) is 85.3 Å². The van der Waals surface area contributed by atoms with Crippen molar-refractivity contribution in [1.82, 2.24) is 4.57 Å². The van der Waals surface area contributed by atoms with E-state index in [-0.39, 0.29) is 30.5 Å². The van der Waals surface area contributed by atoms with Crippen LogP contribution < -0.4 is 33.2 Å². The summed E-state index contributed by atoms with van der Waals surface area (Å²) < 4.78 is 43.5. The molecular formula is C41H53NO8. The summed E-state index contributed by atoms with van der Waals surface area (Å²) in [5.74, 6) is 3.61. The van der Waals surface area contributed by atoms with Gasteiger partial charge in [-0.05, 0) is 129 Å². The number of benzene rings is 3. The summed E-state index contributed by atoms with van der Waals surface area (Å²) in [6.45, 7) is 20.2. The first kappa shape index (κ1) is 38.0. The number of hydrogen-bond acceptors (Lipinski definition) is 8. The smallest absolute Gasteiger partial charge is 0.360 e. The Kier molecular flexibility index (Phi) is 13.1. The predicted molar refractivity (Wildman–Crippen MR) is 197 cm³/mol. The number of aromatic nitrogens is 1. The van der Waals surface area contributed by atoms with Crippen molar-refractivity contribution in [2.24, 2.45) is 0 Å². The molecule has 0 radical (unpaired) electrons. The third kappa shape index (κ3) is 10.6. The first-order valence-electron chi connectivity index (χ1n) is 17.4. The molecule has 0 aliphatic heterocycles. The summed E-state index contributed by atoms with van der Waals surface area (Å²) in [6, 6.07) is 18.8. The predicted octanol–water partition coefficient (Wildman–Crippen LogP) is 9.56. The van der Waals surface area contributed by atoms with Gasteiger partial charge in [-0.15, -0.1) is 0 Å². The lowest BCUT2D eigenvalue weighted by Crippen LogP contribution is -2.16. The van der Waals surface area contributed by atoms with Crippen molar-refractivity contribution in [2.45, 2.75) is 113 Å². The van der Waals surface area contributed by atoms with Gasteiger partial charge in [0.2, 0.25) is 0 Å². The molecular weight excluding hydrogens is 634 g/mol. The maximum Gasteiger partial charge on any atom is 0.360 e. The van der Waals surface area contributed by atoms with Crippen LogP contribution >= 0.6 is 0 Å². The van der Waals surface area contributed by atoms with Gasteiger partial charge in [0.05, 0.1) is 37.6 Å². The molecule has 1 heterocycles. The molecule has 0 fully saturated rings. The normalized spacial score (nSPS) is 11.4. The number of methoxy groups -OCH3 is 1. The Morgan fingerprint density at radius 2 is 1.06 bits per heavy atom. The summed E-state index contributed by atoms with van der Waals surface area (Å²) in [5, 5.41) is 0. The summed E-state index contributed by atoms with van der Waals surface area (Å²) in [7, 11) is 1.63. The molecule has 0 aliphatic rings. The van der Waals surface area contributed by atoms with Gasteiger partial charge < -0.3 is 37.7 Å². The van der Waals surface area contributed by atoms with Crippen molar-refractivity contribution in [3.63, 3.8) is 0 Å². The van der Waals surface area contributed by atoms with E-state index in [0.29, 0.717) is 58.9 Å². The van der Waals surface area contributed by atoms with Crippen molar-refractivity contribution in [3.05, 3.63) is 78.1 Å². The standard InChI is InChI=1S/C41H53NO8/c1-25(2)45-36-16-13-31(22-39(36)48-28(7)8)32-21-34(41(43)50-33-14-17-37(46-26(3)4)40(23-33)49-29(9)10)42(24-32)19-18-30-12-15-35(44-11)38(20-30)47-27(5)6/h12-17,20-29H,18-19H2,1-11H3. The van der Waals surface area contributed by atoms with E-state index >= 15 is 0 Å². The van der Waals surface area contributed by atoms with Crippen LogP contribution in [0.3, 0.4) is 0 Å². The molecule has 9 nitrogen and oxygen atoms in total. The van der Waals surface area contributed by atoms with E-state index in [1.165, 1.54) is 0 Å². The first-order valence-corrected chi connectivity index (χ1v) is 17.4. The number of carbonyl (C=O) groups is 1. The van der Waals surface area contributed by atoms with Gasteiger partial charge in [0.15, 0.2) is 34.5 Å². The zero-order chi connectivity index (χ0) is 36.5. The number of rotatable bonds is 17. The average molecular weight is 688 g/mol. The van der Waals surface area contributed by atoms with E-state index in [2.05, 4.69) is 0 Å². The summed E-state index contributed by atoms with van der Waals surface area (Å²) in [6.07, 6.45) is 2.38. The van der Waals surface area contributed by atoms with Crippen molar-refractivity contribution in [1.29, 1.82) is 0 Å². The highest BCUT2D eigenvalue weighted by Crippen LogP contribution is 2.37. The van der Waals surface area contributed by atoms with E-state index in [9.17, 15) is 4.79 Å². The minimum atomic E-state index is -0.499. The molecule has 50 heavy (non-hydrogen) atoms. The van der Waals surface area contributed by atoms with Gasteiger partial charge in [-0.25, -0.2) is 4.79 Å². The third-order valence-corrected chi connectivity index (χ3v) is 7.19. The van der Waals surface area contributed by atoms with Gasteiger partial charge >= 0.3 is 5.97 Å². The lowest BCUT2D eigenvalue weighted by molar-refractivity contribution is 0.0722. The maximum atomic E-state index is 13.9. The Morgan fingerprint density at radius 1 is 0.560 bits per heavy atom. The summed E-state index contributed by atoms with van der Waals surface area (Å²) in [4.78, 5) is 13.9. The van der Waals surface area contributed by atoms with Crippen molar-refractivity contribution in [3.8, 4) is 51.4 Å². The molecule has 0 unspecified atom stereocenters. The number of carbonyl (C=O) groups excluding carboxylic acids is 1. The van der Waals surface area contributed by atoms with Gasteiger partial charge in [0, 0.05) is 24.4 Å². The second-order valence-corrected chi connectivity index (χ2v) is 13.5. The fourth-order valence-corrected chi connectivity index (χ4v) is 5.29. The van der Waals surface area contributed by atoms with Crippen LogP contribution in [0.5, 0.6) is 40.2 Å². The molecule has 0 saturated heterocycles. The second-order valence-electron chi connectivity index (χ2n) is 13.5. The molecule has 4 rings (SSSR count). The highest BCUT2D eigenvalue weighted by molar-refractivity contribution is 5.91. The van der Waals surface area contributed by atoms with Crippen LogP contribution in [0.15, 0.2) is 66.9 Å². The molecule has 0 saturated carbocycles. The van der Waals surface area contributed by atoms with Crippen LogP contribution in [0, 0.1) is 0 Å². The van der Waals surface area contributed by atoms with Crippen LogP contribution in [0.2, 0.25) is 0 Å². The number of ether oxygens (including phenoxy) is 7. The van der Waals surface area contributed by atoms with E-state index in [1.54, 1.807) is 25.3 Å². The summed E-state index contributed by atoms with van der Waals surface area (Å²) >= 11 is 0. The Balaban J connectivity index is 1.71. The topological polar surface area (TPSA) is 86.6 Å². The molecule has 0 bridgehead atoms. The molecule has 0 aliphatic carbocycles. The monoisotopic (exact) mass is 687 g/mol. The van der Waals surface area contributed by atoms with Crippen molar-refractivity contribution in [2.75, 3.05) is 7.11 Å². The van der Waals surface area contributed by atoms with Crippen LogP contribution in [-0.4, -0.2) is 48.2 Å². The minimum absolute atomic E-state index is 0.00752. The minimum Gasteiger partial charge on any atom is -0.493 e. The number of hydrogen-bond donors (Lipinski definition) is 0. The average Bonchev–Trinajstić information content (AvgIpc) is 3.45. The van der Waals surface area contributed by atoms with Crippen molar-refractivity contribution < 1.29 is 38.0 Å². The first-order chi connectivity index (χ1) is 23.7. The lowest BCUT2D eigenvalue weighted by Gasteiger charge is -2.18. The molecule has 0 amide bonds. The van der Waals surface area contributed by atoms with Crippen LogP contribution in [0.4, 0.5) is 0 Å². The highest BCUT2D eigenvalue weighted by atomic mass is 16.5. The molecule has 270 valence electrons. The largest absolute Gasteiger partial charge is 0.493 e. The van der Waals surface area contributed by atoms with Crippen molar-refractivity contribution >= 4 is 5.97 Å². The molecule has 3 aromatic carbocycles. The van der Waals surface area contributed by atoms with Gasteiger partial charge in [-0.1, -0.05) is 12.1 Å². The zero-order valence-electron chi connectivity index (χ0n) is 31.4. The number of nitrogens with zero attached hydrogens (tertiary/aromatic N) is 1. The van der Waals surface area contributed by atoms with E-state index in [1.807, 2.05) is 122 Å². The molecule has 9 heteroatoms. The van der Waals surface area contributed by atoms with Gasteiger partial charge in [0.25, 0.3) is 0 Å². The highest BCUT2D eigenvalue weighted by Gasteiger charge is 2.21. The molecule has 0 atom stereocenters. The Labute approximate surface area is 297 Å². The Morgan fingerprint density at radius 3 is 1.62 bits per heavy atom. The maximum absolute atomic E-state index is 13.9. The Bertz CT molecular complexity index is 1720. The SMILES string of the molecule is COc1ccc(CCn2cc(-c3ccc(OC(C)C)c(OC(C)C)c3)cc2C(=O)Oc2ccc(OC(C)C)c(OC(C)C)c2)cc1OC(C)C. The fraction of sp³-hybridized carbons (Fsp3) is 0.439. The van der Waals surface area contributed by atoms with E-state index in [0.717, 1.165) is 16.7 Å². The zero-order valence-corrected chi connectivity index (χ0v) is 31.4. The second kappa shape index (κ2) is 17.2. The molecule has 0 spiro atoms. The van der Waals surface area contributed by atoms with Crippen LogP contribution in [0.25, 0.3) is 11.1 Å². The lowest BCUT2D eigenvalue weighted by atomic mass is 10.1. The van der Waals surface area contributed by atoms with Crippen LogP contribution in [-0.2, 0) is 13.0 Å². The third-order valence-electron chi connectivity index (χ3n) is 7.19.